The van der Waals surface area contributed by atoms with E-state index in [-0.39, 0.29) is 12.3 Å². The van der Waals surface area contributed by atoms with Crippen LogP contribution in [-0.2, 0) is 6.61 Å². The number of hydrogen-bond acceptors (Lipinski definition) is 4. The Hall–Kier alpha value is -2.21. The van der Waals surface area contributed by atoms with Crippen molar-refractivity contribution < 1.29 is 14.5 Å². The lowest BCUT2D eigenvalue weighted by atomic mass is 10.2. The molecule has 20 heavy (non-hydrogen) atoms. The summed E-state index contributed by atoms with van der Waals surface area (Å²) >= 11 is 3.28. The molecule has 5 nitrogen and oxygen atoms in total. The fourth-order valence-corrected chi connectivity index (χ4v) is 2.00. The molecule has 0 N–H and O–H groups in total. The second kappa shape index (κ2) is 6.29. The molecule has 0 atom stereocenters. The average molecular weight is 336 g/mol. The van der Waals surface area contributed by atoms with Crippen LogP contribution in [-0.4, -0.2) is 11.2 Å². The van der Waals surface area contributed by atoms with Gasteiger partial charge in [-0.1, -0.05) is 15.9 Å². The Kier molecular flexibility index (Phi) is 4.47. The van der Waals surface area contributed by atoms with Crippen LogP contribution in [0.15, 0.2) is 46.9 Å². The highest BCUT2D eigenvalue weighted by molar-refractivity contribution is 9.10. The molecule has 2 aromatic carbocycles. The Morgan fingerprint density at radius 1 is 1.20 bits per heavy atom. The monoisotopic (exact) mass is 335 g/mol. The number of nitro benzene ring substituents is 1. The summed E-state index contributed by atoms with van der Waals surface area (Å²) in [5.41, 5.74) is 1.27. The van der Waals surface area contributed by atoms with Crippen molar-refractivity contribution in [2.45, 2.75) is 6.61 Å². The van der Waals surface area contributed by atoms with Gasteiger partial charge in [-0.15, -0.1) is 0 Å². The normalized spacial score (nSPS) is 10.1. The number of nitro groups is 1. The van der Waals surface area contributed by atoms with E-state index in [4.69, 9.17) is 4.74 Å². The number of benzene rings is 2. The number of ether oxygens (including phenoxy) is 1. The van der Waals surface area contributed by atoms with Gasteiger partial charge < -0.3 is 4.74 Å². The largest absolute Gasteiger partial charge is 0.488 e. The molecular formula is C14H10BrNO4. The maximum atomic E-state index is 10.9. The third-order valence-corrected chi connectivity index (χ3v) is 3.13. The van der Waals surface area contributed by atoms with Gasteiger partial charge in [-0.25, -0.2) is 0 Å². The highest BCUT2D eigenvalue weighted by atomic mass is 79.9. The van der Waals surface area contributed by atoms with E-state index in [0.29, 0.717) is 11.3 Å². The van der Waals surface area contributed by atoms with E-state index >= 15 is 0 Å². The number of aldehydes is 1. The van der Waals surface area contributed by atoms with Gasteiger partial charge in [0.1, 0.15) is 12.4 Å². The molecule has 0 heterocycles. The lowest BCUT2D eigenvalue weighted by molar-refractivity contribution is -0.384. The smallest absolute Gasteiger partial charge is 0.269 e. The Balaban J connectivity index is 2.08. The molecular weight excluding hydrogens is 326 g/mol. The zero-order chi connectivity index (χ0) is 14.5. The van der Waals surface area contributed by atoms with E-state index < -0.39 is 4.92 Å². The van der Waals surface area contributed by atoms with Crippen molar-refractivity contribution in [3.05, 3.63) is 68.2 Å². The summed E-state index contributed by atoms with van der Waals surface area (Å²) in [4.78, 5) is 21.0. The summed E-state index contributed by atoms with van der Waals surface area (Å²) in [5.74, 6) is 0.474. The fourth-order valence-electron chi connectivity index (χ4n) is 1.62. The Labute approximate surface area is 123 Å². The van der Waals surface area contributed by atoms with E-state index in [2.05, 4.69) is 15.9 Å². The maximum absolute atomic E-state index is 10.9. The number of carbonyl (C=O) groups excluding carboxylic acids is 1. The van der Waals surface area contributed by atoms with Crippen molar-refractivity contribution in [2.24, 2.45) is 0 Å². The molecule has 0 bridgehead atoms. The number of non-ortho nitro benzene ring substituents is 1. The number of halogens is 1. The molecule has 0 aliphatic rings. The molecule has 0 aliphatic heterocycles. The summed E-state index contributed by atoms with van der Waals surface area (Å²) in [7, 11) is 0. The van der Waals surface area contributed by atoms with Crippen LogP contribution >= 0.6 is 15.9 Å². The minimum atomic E-state index is -0.455. The molecule has 2 rings (SSSR count). The second-order valence-corrected chi connectivity index (χ2v) is 4.93. The van der Waals surface area contributed by atoms with Gasteiger partial charge in [-0.05, 0) is 35.9 Å². The number of carbonyl (C=O) groups is 1. The van der Waals surface area contributed by atoms with Gasteiger partial charge in [0.2, 0.25) is 0 Å². The predicted molar refractivity (Wildman–Crippen MR) is 77.0 cm³/mol. The van der Waals surface area contributed by atoms with Gasteiger partial charge in [0.05, 0.1) is 10.5 Å². The van der Waals surface area contributed by atoms with Crippen LogP contribution in [0.1, 0.15) is 15.9 Å². The van der Waals surface area contributed by atoms with Crippen LogP contribution in [0.2, 0.25) is 0 Å². The Morgan fingerprint density at radius 2 is 1.90 bits per heavy atom. The van der Waals surface area contributed by atoms with Gasteiger partial charge in [0, 0.05) is 16.6 Å². The van der Waals surface area contributed by atoms with E-state index in [9.17, 15) is 14.9 Å². The van der Waals surface area contributed by atoms with Crippen LogP contribution < -0.4 is 4.74 Å². The van der Waals surface area contributed by atoms with Crippen molar-refractivity contribution in [3.63, 3.8) is 0 Å². The molecule has 6 heteroatoms. The van der Waals surface area contributed by atoms with Crippen LogP contribution in [0.4, 0.5) is 5.69 Å². The SMILES string of the molecule is O=Cc1cc(Br)ccc1OCc1ccc([N+](=O)[O-])cc1. The standard InChI is InChI=1S/C14H10BrNO4/c15-12-3-6-14(11(7-12)8-17)20-9-10-1-4-13(5-2-10)16(18)19/h1-8H,9H2. The molecule has 0 spiro atoms. The summed E-state index contributed by atoms with van der Waals surface area (Å²) in [6.07, 6.45) is 0.718. The van der Waals surface area contributed by atoms with Gasteiger partial charge in [0.25, 0.3) is 5.69 Å². The zero-order valence-corrected chi connectivity index (χ0v) is 11.9. The maximum Gasteiger partial charge on any atom is 0.269 e. The highest BCUT2D eigenvalue weighted by Gasteiger charge is 2.06. The molecule has 0 amide bonds. The molecule has 0 fully saturated rings. The van der Waals surface area contributed by atoms with Crippen molar-refractivity contribution >= 4 is 27.9 Å². The summed E-state index contributed by atoms with van der Waals surface area (Å²) in [6, 6.07) is 11.2. The first kappa shape index (κ1) is 14.2. The molecule has 0 unspecified atom stereocenters. The van der Waals surface area contributed by atoms with Gasteiger partial charge in [0.15, 0.2) is 6.29 Å². The number of nitrogens with zero attached hydrogens (tertiary/aromatic N) is 1. The first-order valence-electron chi connectivity index (χ1n) is 5.71. The van der Waals surface area contributed by atoms with Gasteiger partial charge in [-0.3, -0.25) is 14.9 Å². The van der Waals surface area contributed by atoms with Crippen molar-refractivity contribution in [2.75, 3.05) is 0 Å². The first-order chi connectivity index (χ1) is 9.60. The van der Waals surface area contributed by atoms with Gasteiger partial charge >= 0.3 is 0 Å². The molecule has 0 aromatic heterocycles. The average Bonchev–Trinajstić information content (AvgIpc) is 2.46. The topological polar surface area (TPSA) is 69.4 Å². The summed E-state index contributed by atoms with van der Waals surface area (Å²) in [5, 5.41) is 10.5. The molecule has 0 saturated heterocycles. The third kappa shape index (κ3) is 3.42. The molecule has 102 valence electrons. The Bertz CT molecular complexity index is 640. The zero-order valence-electron chi connectivity index (χ0n) is 10.3. The molecule has 2 aromatic rings. The van der Waals surface area contributed by atoms with Crippen LogP contribution in [0.25, 0.3) is 0 Å². The van der Waals surface area contributed by atoms with Crippen LogP contribution in [0.3, 0.4) is 0 Å². The lowest BCUT2D eigenvalue weighted by Gasteiger charge is -2.08. The highest BCUT2D eigenvalue weighted by Crippen LogP contribution is 2.23. The number of rotatable bonds is 5. The van der Waals surface area contributed by atoms with E-state index in [1.165, 1.54) is 12.1 Å². The second-order valence-electron chi connectivity index (χ2n) is 4.01. The van der Waals surface area contributed by atoms with E-state index in [0.717, 1.165) is 16.3 Å². The summed E-state index contributed by atoms with van der Waals surface area (Å²) < 4.78 is 6.34. The summed E-state index contributed by atoms with van der Waals surface area (Å²) in [6.45, 7) is 0.237. The minimum Gasteiger partial charge on any atom is -0.488 e. The molecule has 0 radical (unpaired) electrons. The van der Waals surface area contributed by atoms with E-state index in [1.54, 1.807) is 30.3 Å². The predicted octanol–water partition coefficient (Wildman–Crippen LogP) is 3.75. The van der Waals surface area contributed by atoms with Crippen molar-refractivity contribution in [3.8, 4) is 5.75 Å². The minimum absolute atomic E-state index is 0.0333. The van der Waals surface area contributed by atoms with Crippen LogP contribution in [0, 0.1) is 10.1 Å². The van der Waals surface area contributed by atoms with Crippen molar-refractivity contribution in [1.82, 2.24) is 0 Å². The van der Waals surface area contributed by atoms with Gasteiger partial charge in [-0.2, -0.15) is 0 Å². The van der Waals surface area contributed by atoms with E-state index in [1.807, 2.05) is 0 Å². The van der Waals surface area contributed by atoms with Crippen molar-refractivity contribution in [1.29, 1.82) is 0 Å². The number of hydrogen-bond donors (Lipinski definition) is 0. The quantitative estimate of drug-likeness (QED) is 0.474. The first-order valence-corrected chi connectivity index (χ1v) is 6.50. The lowest BCUT2D eigenvalue weighted by Crippen LogP contribution is -1.98. The third-order valence-electron chi connectivity index (χ3n) is 2.64. The Morgan fingerprint density at radius 3 is 2.50 bits per heavy atom. The molecule has 0 saturated carbocycles. The fraction of sp³-hybridized carbons (Fsp3) is 0.0714. The van der Waals surface area contributed by atoms with Crippen LogP contribution in [0.5, 0.6) is 5.75 Å². The molecule has 0 aliphatic carbocycles.